The number of amides is 1. The molecule has 0 bridgehead atoms. The van der Waals surface area contributed by atoms with Gasteiger partial charge in [0.05, 0.1) is 4.90 Å². The van der Waals surface area contributed by atoms with Gasteiger partial charge in [-0.05, 0) is 36.2 Å². The molecule has 0 radical (unpaired) electrons. The molecule has 168 valence electrons. The van der Waals surface area contributed by atoms with Gasteiger partial charge in [-0.1, -0.05) is 25.1 Å². The van der Waals surface area contributed by atoms with Crippen molar-refractivity contribution in [2.45, 2.75) is 25.2 Å². The quantitative estimate of drug-likeness (QED) is 0.334. The third-order valence-corrected chi connectivity index (χ3v) is 6.16. The molecule has 0 atom stereocenters. The Morgan fingerprint density at radius 2 is 1.78 bits per heavy atom. The summed E-state index contributed by atoms with van der Waals surface area (Å²) in [6.45, 7) is 2.22. The SMILES string of the molecule is CCc1cccc2c(C(=O)COC(=O)CNS(=O)(=O)c3ccc(NC(C)=O)cc3)c[nH]c12. The number of para-hydroxylation sites is 1. The van der Waals surface area contributed by atoms with Crippen molar-refractivity contribution >= 4 is 44.3 Å². The average molecular weight is 458 g/mol. The molecule has 1 amide bonds. The van der Waals surface area contributed by atoms with Crippen LogP contribution in [0.4, 0.5) is 5.69 Å². The van der Waals surface area contributed by atoms with Crippen molar-refractivity contribution in [2.75, 3.05) is 18.5 Å². The van der Waals surface area contributed by atoms with Crippen LogP contribution in [0.2, 0.25) is 0 Å². The molecule has 9 nitrogen and oxygen atoms in total. The molecule has 0 fully saturated rings. The summed E-state index contributed by atoms with van der Waals surface area (Å²) in [5, 5.41) is 3.27. The van der Waals surface area contributed by atoms with Gasteiger partial charge in [-0.2, -0.15) is 4.72 Å². The first kappa shape index (κ1) is 23.2. The third kappa shape index (κ3) is 5.40. The number of anilines is 1. The molecule has 10 heteroatoms. The summed E-state index contributed by atoms with van der Waals surface area (Å²) < 4.78 is 31.7. The van der Waals surface area contributed by atoms with E-state index in [2.05, 4.69) is 15.0 Å². The van der Waals surface area contributed by atoms with E-state index in [1.165, 1.54) is 31.2 Å². The van der Waals surface area contributed by atoms with Crippen LogP contribution in [0.5, 0.6) is 0 Å². The summed E-state index contributed by atoms with van der Waals surface area (Å²) in [4.78, 5) is 38.5. The first-order valence-corrected chi connectivity index (χ1v) is 11.3. The number of rotatable bonds is 9. The summed E-state index contributed by atoms with van der Waals surface area (Å²) in [6, 6.07) is 11.1. The van der Waals surface area contributed by atoms with Crippen molar-refractivity contribution in [1.29, 1.82) is 0 Å². The van der Waals surface area contributed by atoms with Crippen LogP contribution in [-0.2, 0) is 30.8 Å². The van der Waals surface area contributed by atoms with E-state index in [0.29, 0.717) is 11.3 Å². The van der Waals surface area contributed by atoms with Gasteiger partial charge >= 0.3 is 5.97 Å². The zero-order valence-electron chi connectivity index (χ0n) is 17.6. The molecule has 0 aliphatic rings. The van der Waals surface area contributed by atoms with Crippen molar-refractivity contribution in [3.8, 4) is 0 Å². The number of fused-ring (bicyclic) bond motifs is 1. The second kappa shape index (κ2) is 9.75. The number of hydrogen-bond acceptors (Lipinski definition) is 6. The topological polar surface area (TPSA) is 134 Å². The number of Topliss-reactive ketones (excluding diaryl/α,β-unsaturated/α-hetero) is 1. The number of H-pyrrole nitrogens is 1. The second-order valence-electron chi connectivity index (χ2n) is 7.01. The van der Waals surface area contributed by atoms with Crippen molar-refractivity contribution in [2.24, 2.45) is 0 Å². The van der Waals surface area contributed by atoms with Gasteiger partial charge in [0.2, 0.25) is 21.7 Å². The zero-order chi connectivity index (χ0) is 23.3. The lowest BCUT2D eigenvalue weighted by Gasteiger charge is -2.08. The molecule has 0 aliphatic carbocycles. The number of ether oxygens (including phenoxy) is 1. The molecule has 0 aliphatic heterocycles. The maximum absolute atomic E-state index is 12.5. The van der Waals surface area contributed by atoms with Crippen LogP contribution in [0, 0.1) is 0 Å². The number of aryl methyl sites for hydroxylation is 1. The largest absolute Gasteiger partial charge is 0.456 e. The van der Waals surface area contributed by atoms with Gasteiger partial charge in [-0.25, -0.2) is 8.42 Å². The Hall–Kier alpha value is -3.50. The molecule has 3 rings (SSSR count). The van der Waals surface area contributed by atoms with E-state index < -0.39 is 34.9 Å². The summed E-state index contributed by atoms with van der Waals surface area (Å²) in [5.41, 5.74) is 2.78. The lowest BCUT2D eigenvalue weighted by molar-refractivity contribution is -0.141. The number of ketones is 1. The fourth-order valence-corrected chi connectivity index (χ4v) is 4.14. The van der Waals surface area contributed by atoms with Gasteiger partial charge < -0.3 is 15.0 Å². The summed E-state index contributed by atoms with van der Waals surface area (Å²) >= 11 is 0. The number of sulfonamides is 1. The number of carbonyl (C=O) groups excluding carboxylic acids is 3. The minimum absolute atomic E-state index is 0.0824. The fourth-order valence-electron chi connectivity index (χ4n) is 3.18. The predicted molar refractivity (Wildman–Crippen MR) is 119 cm³/mol. The average Bonchev–Trinajstić information content (AvgIpc) is 3.20. The highest BCUT2D eigenvalue weighted by Crippen LogP contribution is 2.22. The van der Waals surface area contributed by atoms with Gasteiger partial charge in [-0.15, -0.1) is 0 Å². The third-order valence-electron chi connectivity index (χ3n) is 4.74. The lowest BCUT2D eigenvalue weighted by atomic mass is 10.1. The molecule has 3 N–H and O–H groups in total. The van der Waals surface area contributed by atoms with E-state index in [0.717, 1.165) is 22.9 Å². The number of hydrogen-bond donors (Lipinski definition) is 3. The molecule has 32 heavy (non-hydrogen) atoms. The van der Waals surface area contributed by atoms with Crippen LogP contribution in [0.3, 0.4) is 0 Å². The highest BCUT2D eigenvalue weighted by Gasteiger charge is 2.18. The number of esters is 1. The standard InChI is InChI=1S/C22H23N3O6S/c1-3-15-5-4-6-18-19(11-23-22(15)18)20(27)13-31-21(28)12-24-32(29,30)17-9-7-16(8-10-17)25-14(2)26/h4-11,23-24H,3,12-13H2,1-2H3,(H,25,26). The fraction of sp³-hybridized carbons (Fsp3) is 0.227. The normalized spacial score (nSPS) is 11.3. The summed E-state index contributed by atoms with van der Waals surface area (Å²) in [7, 11) is -3.97. The van der Waals surface area contributed by atoms with Gasteiger partial charge in [0, 0.05) is 35.3 Å². The zero-order valence-corrected chi connectivity index (χ0v) is 18.4. The number of nitrogens with one attached hydrogen (secondary N) is 3. The Morgan fingerprint density at radius 1 is 1.06 bits per heavy atom. The second-order valence-corrected chi connectivity index (χ2v) is 8.78. The highest BCUT2D eigenvalue weighted by atomic mass is 32.2. The van der Waals surface area contributed by atoms with Crippen molar-refractivity contribution in [3.05, 3.63) is 59.8 Å². The summed E-state index contributed by atoms with van der Waals surface area (Å²) in [5.74, 6) is -1.56. The van der Waals surface area contributed by atoms with Crippen molar-refractivity contribution in [3.63, 3.8) is 0 Å². The minimum atomic E-state index is -3.97. The lowest BCUT2D eigenvalue weighted by Crippen LogP contribution is -2.31. The minimum Gasteiger partial charge on any atom is -0.456 e. The summed E-state index contributed by atoms with van der Waals surface area (Å²) in [6.07, 6.45) is 2.38. The molecule has 1 aromatic heterocycles. The van der Waals surface area contributed by atoms with Gasteiger partial charge in [0.1, 0.15) is 6.54 Å². The van der Waals surface area contributed by atoms with E-state index in [-0.39, 0.29) is 10.8 Å². The molecule has 2 aromatic carbocycles. The van der Waals surface area contributed by atoms with Crippen molar-refractivity contribution in [1.82, 2.24) is 9.71 Å². The van der Waals surface area contributed by atoms with Crippen LogP contribution in [0.25, 0.3) is 10.9 Å². The van der Waals surface area contributed by atoms with E-state index in [1.54, 1.807) is 6.20 Å². The van der Waals surface area contributed by atoms with E-state index in [9.17, 15) is 22.8 Å². The Bertz CT molecular complexity index is 1260. The van der Waals surface area contributed by atoms with Crippen LogP contribution >= 0.6 is 0 Å². The predicted octanol–water partition coefficient (Wildman–Crippen LogP) is 2.39. The molecule has 0 saturated heterocycles. The van der Waals surface area contributed by atoms with Gasteiger partial charge in [-0.3, -0.25) is 14.4 Å². The van der Waals surface area contributed by atoms with Gasteiger partial charge in [0.15, 0.2) is 6.61 Å². The Balaban J connectivity index is 1.56. The number of benzene rings is 2. The smallest absolute Gasteiger partial charge is 0.321 e. The Kier molecular flexibility index (Phi) is 7.06. The van der Waals surface area contributed by atoms with Crippen LogP contribution in [-0.4, -0.2) is 44.2 Å². The first-order chi connectivity index (χ1) is 15.2. The maximum atomic E-state index is 12.5. The van der Waals surface area contributed by atoms with E-state index in [4.69, 9.17) is 4.74 Å². The number of carbonyl (C=O) groups is 3. The molecule has 1 heterocycles. The maximum Gasteiger partial charge on any atom is 0.321 e. The molecule has 0 saturated carbocycles. The number of aromatic nitrogens is 1. The molecular formula is C22H23N3O6S. The Labute approximate surface area is 185 Å². The number of aromatic amines is 1. The molecule has 0 unspecified atom stereocenters. The van der Waals surface area contributed by atoms with E-state index >= 15 is 0 Å². The van der Waals surface area contributed by atoms with Crippen molar-refractivity contribution < 1.29 is 27.5 Å². The molecule has 3 aromatic rings. The van der Waals surface area contributed by atoms with Crippen LogP contribution in [0.1, 0.15) is 29.8 Å². The highest BCUT2D eigenvalue weighted by molar-refractivity contribution is 7.89. The molecule has 0 spiro atoms. The molecular weight excluding hydrogens is 434 g/mol. The van der Waals surface area contributed by atoms with Gasteiger partial charge in [0.25, 0.3) is 0 Å². The monoisotopic (exact) mass is 457 g/mol. The van der Waals surface area contributed by atoms with Crippen LogP contribution in [0.15, 0.2) is 53.6 Å². The first-order valence-electron chi connectivity index (χ1n) is 9.86. The Morgan fingerprint density at radius 3 is 2.44 bits per heavy atom. The van der Waals surface area contributed by atoms with E-state index in [1.807, 2.05) is 25.1 Å². The van der Waals surface area contributed by atoms with Crippen LogP contribution < -0.4 is 10.0 Å².